The Hall–Kier alpha value is -1.12. The fourth-order valence-corrected chi connectivity index (χ4v) is 0.631. The van der Waals surface area contributed by atoms with E-state index in [-0.39, 0.29) is 5.91 Å². The number of nitrogens with one attached hydrogen (secondary N) is 1. The van der Waals surface area contributed by atoms with Gasteiger partial charge in [0.1, 0.15) is 5.54 Å². The average Bonchev–Trinajstić information content (AvgIpc) is 2.19. The molecule has 0 saturated carbocycles. The molecule has 1 aliphatic rings. The zero-order valence-corrected chi connectivity index (χ0v) is 8.09. The van der Waals surface area contributed by atoms with E-state index in [4.69, 9.17) is 0 Å². The van der Waals surface area contributed by atoms with Gasteiger partial charge < -0.3 is 5.32 Å². The van der Waals surface area contributed by atoms with E-state index < -0.39 is 5.54 Å². The van der Waals surface area contributed by atoms with Crippen molar-refractivity contribution in [3.8, 4) is 0 Å². The van der Waals surface area contributed by atoms with Crippen molar-refractivity contribution in [2.75, 3.05) is 0 Å². The van der Waals surface area contributed by atoms with Crippen LogP contribution in [0.2, 0.25) is 0 Å². The number of nitrogens with zero attached hydrogens (tertiary/aromatic N) is 1. The van der Waals surface area contributed by atoms with E-state index in [9.17, 15) is 4.79 Å². The molecule has 1 heterocycles. The summed E-state index contributed by atoms with van der Waals surface area (Å²) in [6.45, 7) is 7.54. The molecule has 0 fully saturated rings. The average molecular weight is 168 g/mol. The summed E-state index contributed by atoms with van der Waals surface area (Å²) < 4.78 is 0. The van der Waals surface area contributed by atoms with Crippen LogP contribution in [0.15, 0.2) is 17.3 Å². The molecule has 3 nitrogen and oxygen atoms in total. The molecule has 0 radical (unpaired) electrons. The molecule has 3 heteroatoms. The maximum Gasteiger partial charge on any atom is 0.251 e. The molecule has 1 amide bonds. The Kier molecular flexibility index (Phi) is 4.26. The third-order valence-electron chi connectivity index (χ3n) is 1.35. The SMILES string of the molecule is CC.CC1(C)N=CC=CNC1=O. The van der Waals surface area contributed by atoms with Crippen LogP contribution in [0, 0.1) is 0 Å². The van der Waals surface area contributed by atoms with E-state index in [0.29, 0.717) is 0 Å². The monoisotopic (exact) mass is 168 g/mol. The molecule has 0 saturated heterocycles. The maximum absolute atomic E-state index is 11.1. The standard InChI is InChI=1S/C7H10N2O.C2H6/c1-7(2)6(10)8-4-3-5-9-7;1-2/h3-5H,1-2H3,(H,8,10);1-2H3. The third-order valence-corrected chi connectivity index (χ3v) is 1.35. The molecular formula is C9H16N2O. The van der Waals surface area contributed by atoms with Crippen LogP contribution in [0.3, 0.4) is 0 Å². The summed E-state index contributed by atoms with van der Waals surface area (Å²) in [6, 6.07) is 0. The summed E-state index contributed by atoms with van der Waals surface area (Å²) >= 11 is 0. The second kappa shape index (κ2) is 4.70. The zero-order valence-electron chi connectivity index (χ0n) is 8.09. The van der Waals surface area contributed by atoms with Gasteiger partial charge in [-0.25, -0.2) is 0 Å². The first-order valence-electron chi connectivity index (χ1n) is 4.14. The lowest BCUT2D eigenvalue weighted by Crippen LogP contribution is -2.37. The number of rotatable bonds is 0. The van der Waals surface area contributed by atoms with Crippen LogP contribution in [-0.4, -0.2) is 17.7 Å². The molecule has 0 atom stereocenters. The van der Waals surface area contributed by atoms with Gasteiger partial charge in [-0.05, 0) is 19.9 Å². The van der Waals surface area contributed by atoms with Gasteiger partial charge in [0.15, 0.2) is 0 Å². The lowest BCUT2D eigenvalue weighted by molar-refractivity contribution is -0.124. The number of carbonyl (C=O) groups excluding carboxylic acids is 1. The predicted octanol–water partition coefficient (Wildman–Crippen LogP) is 1.51. The number of hydrogen-bond donors (Lipinski definition) is 1. The highest BCUT2D eigenvalue weighted by molar-refractivity contribution is 5.90. The van der Waals surface area contributed by atoms with E-state index in [1.54, 1.807) is 32.3 Å². The van der Waals surface area contributed by atoms with Gasteiger partial charge in [-0.1, -0.05) is 13.8 Å². The number of allylic oxidation sites excluding steroid dienone is 1. The molecule has 0 aromatic carbocycles. The fraction of sp³-hybridized carbons (Fsp3) is 0.556. The Labute approximate surface area is 73.6 Å². The van der Waals surface area contributed by atoms with Gasteiger partial charge in [-0.15, -0.1) is 0 Å². The molecule has 0 aliphatic carbocycles. The highest BCUT2D eigenvalue weighted by Gasteiger charge is 2.25. The largest absolute Gasteiger partial charge is 0.331 e. The Morgan fingerprint density at radius 2 is 2.00 bits per heavy atom. The number of amides is 1. The first-order valence-corrected chi connectivity index (χ1v) is 4.14. The Morgan fingerprint density at radius 1 is 1.42 bits per heavy atom. The van der Waals surface area contributed by atoms with Gasteiger partial charge in [0.25, 0.3) is 5.91 Å². The van der Waals surface area contributed by atoms with E-state index in [2.05, 4.69) is 10.3 Å². The summed E-state index contributed by atoms with van der Waals surface area (Å²) in [5.41, 5.74) is -0.622. The Bertz CT molecular complexity index is 205. The topological polar surface area (TPSA) is 41.5 Å². The molecular weight excluding hydrogens is 152 g/mol. The Balaban J connectivity index is 0.000000561. The van der Waals surface area contributed by atoms with Gasteiger partial charge in [0.2, 0.25) is 0 Å². The zero-order chi connectivity index (χ0) is 9.61. The van der Waals surface area contributed by atoms with Crippen molar-refractivity contribution < 1.29 is 4.79 Å². The van der Waals surface area contributed by atoms with E-state index in [0.717, 1.165) is 0 Å². The second-order valence-electron chi connectivity index (χ2n) is 2.67. The van der Waals surface area contributed by atoms with Gasteiger partial charge in [0.05, 0.1) is 0 Å². The second-order valence-corrected chi connectivity index (χ2v) is 2.67. The van der Waals surface area contributed by atoms with Gasteiger partial charge >= 0.3 is 0 Å². The highest BCUT2D eigenvalue weighted by atomic mass is 16.2. The minimum absolute atomic E-state index is 0.0718. The smallest absolute Gasteiger partial charge is 0.251 e. The molecule has 0 aromatic rings. The van der Waals surface area contributed by atoms with Crippen LogP contribution < -0.4 is 5.32 Å². The van der Waals surface area contributed by atoms with E-state index >= 15 is 0 Å². The maximum atomic E-state index is 11.1. The molecule has 1 N–H and O–H groups in total. The quantitative estimate of drug-likeness (QED) is 0.585. The summed E-state index contributed by atoms with van der Waals surface area (Å²) in [5.74, 6) is -0.0718. The Morgan fingerprint density at radius 3 is 2.58 bits per heavy atom. The summed E-state index contributed by atoms with van der Waals surface area (Å²) in [6.07, 6.45) is 4.91. The van der Waals surface area contributed by atoms with E-state index in [1.807, 2.05) is 13.8 Å². The number of carbonyl (C=O) groups is 1. The van der Waals surface area contributed by atoms with Crippen LogP contribution in [0.25, 0.3) is 0 Å². The van der Waals surface area contributed by atoms with Crippen molar-refractivity contribution in [1.29, 1.82) is 0 Å². The van der Waals surface area contributed by atoms with Crippen molar-refractivity contribution >= 4 is 12.1 Å². The predicted molar refractivity (Wildman–Crippen MR) is 51.2 cm³/mol. The van der Waals surface area contributed by atoms with Crippen LogP contribution in [-0.2, 0) is 4.79 Å². The first-order chi connectivity index (χ1) is 5.63. The fourth-order valence-electron chi connectivity index (χ4n) is 0.631. The summed E-state index contributed by atoms with van der Waals surface area (Å²) in [4.78, 5) is 15.1. The first kappa shape index (κ1) is 10.9. The third kappa shape index (κ3) is 2.86. The van der Waals surface area contributed by atoms with E-state index in [1.165, 1.54) is 0 Å². The van der Waals surface area contributed by atoms with Crippen molar-refractivity contribution in [2.45, 2.75) is 33.2 Å². The lowest BCUT2D eigenvalue weighted by atomic mass is 10.1. The normalized spacial score (nSPS) is 18.8. The van der Waals surface area contributed by atoms with Crippen LogP contribution in [0.4, 0.5) is 0 Å². The molecule has 0 unspecified atom stereocenters. The van der Waals surface area contributed by atoms with Crippen LogP contribution in [0.5, 0.6) is 0 Å². The number of aliphatic imine (C=N–C) groups is 1. The van der Waals surface area contributed by atoms with Gasteiger partial charge in [0, 0.05) is 12.4 Å². The molecule has 1 aliphatic heterocycles. The molecule has 12 heavy (non-hydrogen) atoms. The van der Waals surface area contributed by atoms with Crippen molar-refractivity contribution in [1.82, 2.24) is 5.32 Å². The van der Waals surface area contributed by atoms with Crippen molar-refractivity contribution in [3.05, 3.63) is 12.3 Å². The lowest BCUT2D eigenvalue weighted by Gasteiger charge is -2.14. The summed E-state index contributed by atoms with van der Waals surface area (Å²) in [7, 11) is 0. The van der Waals surface area contributed by atoms with Crippen LogP contribution in [0.1, 0.15) is 27.7 Å². The molecule has 0 bridgehead atoms. The minimum atomic E-state index is -0.622. The van der Waals surface area contributed by atoms with Crippen LogP contribution >= 0.6 is 0 Å². The van der Waals surface area contributed by atoms with Crippen molar-refractivity contribution in [2.24, 2.45) is 4.99 Å². The molecule has 0 spiro atoms. The highest BCUT2D eigenvalue weighted by Crippen LogP contribution is 2.08. The molecule has 1 rings (SSSR count). The van der Waals surface area contributed by atoms with Crippen molar-refractivity contribution in [3.63, 3.8) is 0 Å². The molecule has 0 aromatic heterocycles. The summed E-state index contributed by atoms with van der Waals surface area (Å²) in [5, 5.41) is 2.59. The van der Waals surface area contributed by atoms with Gasteiger partial charge in [-0.2, -0.15) is 0 Å². The number of hydrogen-bond acceptors (Lipinski definition) is 2. The minimum Gasteiger partial charge on any atom is -0.331 e. The molecule has 68 valence electrons. The van der Waals surface area contributed by atoms with Gasteiger partial charge in [-0.3, -0.25) is 9.79 Å².